The Morgan fingerprint density at radius 1 is 1.47 bits per heavy atom. The first-order valence-corrected chi connectivity index (χ1v) is 4.92. The van der Waals surface area contributed by atoms with Crippen LogP contribution in [0.3, 0.4) is 0 Å². The number of carbonyl (C=O) groups is 2. The van der Waals surface area contributed by atoms with Gasteiger partial charge in [-0.15, -0.1) is 0 Å². The molecule has 6 nitrogen and oxygen atoms in total. The Morgan fingerprint density at radius 2 is 2.07 bits per heavy atom. The van der Waals surface area contributed by atoms with Crippen molar-refractivity contribution in [2.75, 3.05) is 6.61 Å². The largest absolute Gasteiger partial charge is 0.480 e. The minimum Gasteiger partial charge on any atom is -0.480 e. The predicted molar refractivity (Wildman–Crippen MR) is 54.2 cm³/mol. The zero-order valence-electron chi connectivity index (χ0n) is 8.77. The fourth-order valence-corrected chi connectivity index (χ4v) is 1.02. The number of aliphatic carboxylic acids is 1. The van der Waals surface area contributed by atoms with E-state index >= 15 is 0 Å². The van der Waals surface area contributed by atoms with Crippen LogP contribution in [0.25, 0.3) is 0 Å². The summed E-state index contributed by atoms with van der Waals surface area (Å²) in [4.78, 5) is 21.8. The van der Waals surface area contributed by atoms with Crippen molar-refractivity contribution in [3.63, 3.8) is 0 Å². The molecule has 0 heterocycles. The van der Waals surface area contributed by atoms with E-state index in [4.69, 9.17) is 15.9 Å². The van der Waals surface area contributed by atoms with Crippen molar-refractivity contribution in [3.05, 3.63) is 0 Å². The van der Waals surface area contributed by atoms with E-state index in [2.05, 4.69) is 5.32 Å². The van der Waals surface area contributed by atoms with E-state index in [0.29, 0.717) is 6.42 Å². The lowest BCUT2D eigenvalue weighted by Gasteiger charge is -2.15. The first kappa shape index (κ1) is 13.9. The molecule has 0 aliphatic carbocycles. The van der Waals surface area contributed by atoms with Gasteiger partial charge in [0.15, 0.2) is 0 Å². The summed E-state index contributed by atoms with van der Waals surface area (Å²) in [5, 5.41) is 19.4. The minimum absolute atomic E-state index is 0.514. The number of rotatable bonds is 7. The molecule has 0 rings (SSSR count). The highest BCUT2D eigenvalue weighted by molar-refractivity contribution is 5.86. The molecule has 2 atom stereocenters. The number of aliphatic hydroxyl groups excluding tert-OH is 1. The van der Waals surface area contributed by atoms with E-state index in [1.807, 2.05) is 6.92 Å². The lowest BCUT2D eigenvalue weighted by atomic mass is 10.1. The summed E-state index contributed by atoms with van der Waals surface area (Å²) < 4.78 is 0. The maximum absolute atomic E-state index is 11.3. The Balaban J connectivity index is 4.04. The normalized spacial score (nSPS) is 14.3. The summed E-state index contributed by atoms with van der Waals surface area (Å²) in [6.45, 7) is 1.33. The van der Waals surface area contributed by atoms with Crippen molar-refractivity contribution in [2.45, 2.75) is 38.3 Å². The van der Waals surface area contributed by atoms with Crippen molar-refractivity contribution < 1.29 is 19.8 Å². The van der Waals surface area contributed by atoms with E-state index in [1.165, 1.54) is 0 Å². The third-order valence-corrected chi connectivity index (χ3v) is 2.00. The number of amides is 1. The second-order valence-electron chi connectivity index (χ2n) is 3.33. The van der Waals surface area contributed by atoms with Gasteiger partial charge in [-0.3, -0.25) is 4.79 Å². The number of unbranched alkanes of at least 4 members (excludes halogenated alkanes) is 1. The van der Waals surface area contributed by atoms with Crippen LogP contribution in [0.15, 0.2) is 0 Å². The molecule has 0 aliphatic rings. The van der Waals surface area contributed by atoms with Gasteiger partial charge in [0.1, 0.15) is 6.04 Å². The highest BCUT2D eigenvalue weighted by atomic mass is 16.4. The molecule has 5 N–H and O–H groups in total. The van der Waals surface area contributed by atoms with Crippen LogP contribution in [0, 0.1) is 0 Å². The molecular weight excluding hydrogens is 200 g/mol. The monoisotopic (exact) mass is 218 g/mol. The summed E-state index contributed by atoms with van der Waals surface area (Å²) in [6, 6.07) is -1.98. The molecule has 0 spiro atoms. The van der Waals surface area contributed by atoms with E-state index < -0.39 is 30.6 Å². The van der Waals surface area contributed by atoms with Gasteiger partial charge in [0.25, 0.3) is 0 Å². The van der Waals surface area contributed by atoms with Gasteiger partial charge in [-0.05, 0) is 6.42 Å². The molecule has 0 aromatic carbocycles. The topological polar surface area (TPSA) is 113 Å². The number of nitrogens with two attached hydrogens (primary N) is 1. The van der Waals surface area contributed by atoms with Crippen LogP contribution < -0.4 is 11.1 Å². The molecule has 0 aromatic rings. The average molecular weight is 218 g/mol. The van der Waals surface area contributed by atoms with E-state index in [-0.39, 0.29) is 0 Å². The lowest BCUT2D eigenvalue weighted by molar-refractivity contribution is -0.143. The molecule has 1 amide bonds. The second kappa shape index (κ2) is 7.19. The number of hydrogen-bond acceptors (Lipinski definition) is 4. The summed E-state index contributed by atoms with van der Waals surface area (Å²) in [6.07, 6.45) is 2.24. The summed E-state index contributed by atoms with van der Waals surface area (Å²) in [5.41, 5.74) is 5.52. The van der Waals surface area contributed by atoms with Crippen molar-refractivity contribution in [1.29, 1.82) is 0 Å². The fraction of sp³-hybridized carbons (Fsp3) is 0.778. The summed E-state index contributed by atoms with van der Waals surface area (Å²) in [7, 11) is 0. The van der Waals surface area contributed by atoms with Crippen LogP contribution in [0.2, 0.25) is 0 Å². The number of nitrogens with one attached hydrogen (secondary N) is 1. The first-order valence-electron chi connectivity index (χ1n) is 4.92. The van der Waals surface area contributed by atoms with E-state index in [0.717, 1.165) is 12.8 Å². The van der Waals surface area contributed by atoms with Crippen molar-refractivity contribution >= 4 is 11.9 Å². The highest BCUT2D eigenvalue weighted by Crippen LogP contribution is 1.98. The Bertz CT molecular complexity index is 220. The first-order chi connectivity index (χ1) is 7.02. The fourth-order valence-electron chi connectivity index (χ4n) is 1.02. The number of carboxylic acid groups (broad SMARTS) is 1. The SMILES string of the molecule is CCCC[C@H](N)C(=O)N[C@@H](CO)C(=O)O. The van der Waals surface area contributed by atoms with Crippen LogP contribution in [-0.4, -0.2) is 40.8 Å². The quantitative estimate of drug-likeness (QED) is 0.441. The molecule has 0 fully saturated rings. The van der Waals surface area contributed by atoms with Crippen LogP contribution in [0.5, 0.6) is 0 Å². The highest BCUT2D eigenvalue weighted by Gasteiger charge is 2.21. The average Bonchev–Trinajstić information content (AvgIpc) is 2.21. The van der Waals surface area contributed by atoms with Gasteiger partial charge in [-0.25, -0.2) is 4.79 Å². The maximum Gasteiger partial charge on any atom is 0.328 e. The molecular formula is C9H18N2O4. The zero-order chi connectivity index (χ0) is 11.8. The van der Waals surface area contributed by atoms with Gasteiger partial charge in [-0.1, -0.05) is 19.8 Å². The van der Waals surface area contributed by atoms with Gasteiger partial charge < -0.3 is 21.3 Å². The molecule has 0 bridgehead atoms. The predicted octanol–water partition coefficient (Wildman–Crippen LogP) is -0.934. The molecule has 0 saturated carbocycles. The van der Waals surface area contributed by atoms with Gasteiger partial charge in [0, 0.05) is 0 Å². The van der Waals surface area contributed by atoms with Gasteiger partial charge in [-0.2, -0.15) is 0 Å². The Labute approximate surface area is 88.5 Å². The van der Waals surface area contributed by atoms with Crippen LogP contribution in [0.1, 0.15) is 26.2 Å². The Kier molecular flexibility index (Phi) is 6.64. The van der Waals surface area contributed by atoms with Gasteiger partial charge in [0.2, 0.25) is 5.91 Å². The Hall–Kier alpha value is -1.14. The third-order valence-electron chi connectivity index (χ3n) is 2.00. The number of carbonyl (C=O) groups excluding carboxylic acids is 1. The second-order valence-corrected chi connectivity index (χ2v) is 3.33. The molecule has 0 aliphatic heterocycles. The van der Waals surface area contributed by atoms with Crippen LogP contribution in [-0.2, 0) is 9.59 Å². The molecule has 15 heavy (non-hydrogen) atoms. The molecule has 0 saturated heterocycles. The molecule has 0 unspecified atom stereocenters. The molecule has 0 radical (unpaired) electrons. The minimum atomic E-state index is -1.27. The van der Waals surface area contributed by atoms with Crippen molar-refractivity contribution in [3.8, 4) is 0 Å². The molecule has 88 valence electrons. The van der Waals surface area contributed by atoms with E-state index in [1.54, 1.807) is 0 Å². The maximum atomic E-state index is 11.3. The van der Waals surface area contributed by atoms with Gasteiger partial charge in [0.05, 0.1) is 12.6 Å². The molecule has 0 aromatic heterocycles. The zero-order valence-corrected chi connectivity index (χ0v) is 8.77. The standard InChI is InChI=1S/C9H18N2O4/c1-2-3-4-6(10)8(13)11-7(5-12)9(14)15/h6-7,12H,2-5,10H2,1H3,(H,11,13)(H,14,15)/t6-,7-/m0/s1. The Morgan fingerprint density at radius 3 is 2.47 bits per heavy atom. The summed E-state index contributed by atoms with van der Waals surface area (Å²) >= 11 is 0. The smallest absolute Gasteiger partial charge is 0.328 e. The van der Waals surface area contributed by atoms with E-state index in [9.17, 15) is 9.59 Å². The number of carboxylic acids is 1. The van der Waals surface area contributed by atoms with Crippen molar-refractivity contribution in [2.24, 2.45) is 5.73 Å². The number of hydrogen-bond donors (Lipinski definition) is 4. The molecule has 6 heteroatoms. The third kappa shape index (κ3) is 5.34. The van der Waals surface area contributed by atoms with Crippen molar-refractivity contribution in [1.82, 2.24) is 5.32 Å². The van der Waals surface area contributed by atoms with Crippen LogP contribution >= 0.6 is 0 Å². The lowest BCUT2D eigenvalue weighted by Crippen LogP contribution is -2.49. The summed E-state index contributed by atoms with van der Waals surface area (Å²) in [5.74, 6) is -1.81. The van der Waals surface area contributed by atoms with Crippen LogP contribution in [0.4, 0.5) is 0 Å². The van der Waals surface area contributed by atoms with Gasteiger partial charge >= 0.3 is 5.97 Å². The number of aliphatic hydroxyl groups is 1.